The largest absolute Gasteiger partial charge is 0.454 e. The van der Waals surface area contributed by atoms with E-state index in [9.17, 15) is 9.59 Å². The molecule has 0 aromatic heterocycles. The Morgan fingerprint density at radius 1 is 0.714 bits per heavy atom. The topological polar surface area (TPSA) is 124 Å². The molecule has 0 saturated carbocycles. The molecule has 1 saturated heterocycles. The molecule has 42 heavy (non-hydrogen) atoms. The maximum atomic E-state index is 11.5. The van der Waals surface area contributed by atoms with Crippen LogP contribution in [0.25, 0.3) is 0 Å². The first-order valence-electron chi connectivity index (χ1n) is 14.3. The Balaban J connectivity index is 0.000000594. The Labute approximate surface area is 253 Å². The molecule has 0 spiro atoms. The van der Waals surface area contributed by atoms with Gasteiger partial charge in [0, 0.05) is 0 Å². The van der Waals surface area contributed by atoms with Crippen LogP contribution in [0.5, 0.6) is 0 Å². The van der Waals surface area contributed by atoms with Crippen molar-refractivity contribution in [2.24, 2.45) is 0 Å². The number of hydrogen-bond acceptors (Lipinski definition) is 6. The zero-order valence-corrected chi connectivity index (χ0v) is 27.3. The number of amides is 2. The summed E-state index contributed by atoms with van der Waals surface area (Å²) < 4.78 is 11.1. The van der Waals surface area contributed by atoms with Gasteiger partial charge < -0.3 is 19.9 Å². The third kappa shape index (κ3) is 14.8. The van der Waals surface area contributed by atoms with Crippen LogP contribution in [0.4, 0.5) is 0 Å². The van der Waals surface area contributed by atoms with Crippen molar-refractivity contribution in [3.63, 3.8) is 0 Å². The molecule has 1 heterocycles. The van der Waals surface area contributed by atoms with Gasteiger partial charge >= 0.3 is 7.12 Å². The fourth-order valence-corrected chi connectivity index (χ4v) is 3.54. The first-order chi connectivity index (χ1) is 19.4. The van der Waals surface area contributed by atoms with Gasteiger partial charge in [-0.15, -0.1) is 0 Å². The third-order valence-corrected chi connectivity index (χ3v) is 6.25. The highest BCUT2D eigenvalue weighted by Gasteiger charge is 2.48. The highest BCUT2D eigenvalue weighted by Crippen LogP contribution is 2.36. The molecule has 2 aromatic carbocycles. The van der Waals surface area contributed by atoms with Gasteiger partial charge in [-0.05, 0) is 73.3 Å². The minimum atomic E-state index is -0.800. The quantitative estimate of drug-likeness (QED) is 0.405. The molecule has 228 valence electrons. The fourth-order valence-electron chi connectivity index (χ4n) is 3.54. The van der Waals surface area contributed by atoms with Crippen molar-refractivity contribution in [1.29, 1.82) is 10.5 Å². The van der Waals surface area contributed by atoms with Crippen LogP contribution < -0.4 is 10.6 Å². The summed E-state index contributed by atoms with van der Waals surface area (Å²) in [5.41, 5.74) is -0.0243. The molecule has 8 nitrogen and oxygen atoms in total. The molecule has 1 fully saturated rings. The Morgan fingerprint density at radius 2 is 1.00 bits per heavy atom. The number of nitrogens with one attached hydrogen (secondary N) is 2. The Kier molecular flexibility index (Phi) is 15.8. The van der Waals surface area contributed by atoms with Gasteiger partial charge in [-0.3, -0.25) is 9.59 Å². The van der Waals surface area contributed by atoms with Crippen LogP contribution in [-0.4, -0.2) is 41.2 Å². The van der Waals surface area contributed by atoms with Gasteiger partial charge in [0.25, 0.3) is 0 Å². The summed E-state index contributed by atoms with van der Waals surface area (Å²) >= 11 is 0. The summed E-state index contributed by atoms with van der Waals surface area (Å²) in [6.45, 7) is 20.8. The van der Waals surface area contributed by atoms with E-state index in [2.05, 4.69) is 38.3 Å². The molecule has 1 aliphatic rings. The molecule has 1 aliphatic heterocycles. The second kappa shape index (κ2) is 17.3. The Bertz CT molecular complexity index is 1090. The van der Waals surface area contributed by atoms with Gasteiger partial charge in [0.1, 0.15) is 11.1 Å². The number of carbonyl (C=O) groups is 2. The predicted molar refractivity (Wildman–Crippen MR) is 169 cm³/mol. The zero-order chi connectivity index (χ0) is 32.6. The monoisotopic (exact) mass is 576 g/mol. The molecular weight excluding hydrogens is 527 g/mol. The van der Waals surface area contributed by atoms with Gasteiger partial charge in [0.05, 0.1) is 36.2 Å². The number of carbonyl (C=O) groups excluding carboxylic acids is 2. The van der Waals surface area contributed by atoms with Crippen LogP contribution in [-0.2, 0) is 31.7 Å². The lowest BCUT2D eigenvalue weighted by molar-refractivity contribution is -0.122. The van der Waals surface area contributed by atoms with Crippen molar-refractivity contribution in [2.75, 3.05) is 0 Å². The van der Waals surface area contributed by atoms with Crippen molar-refractivity contribution < 1.29 is 18.9 Å². The summed E-state index contributed by atoms with van der Waals surface area (Å²) in [6, 6.07) is 23.0. The van der Waals surface area contributed by atoms with Crippen LogP contribution >= 0.6 is 0 Å². The van der Waals surface area contributed by atoms with Crippen molar-refractivity contribution >= 4 is 18.9 Å². The fraction of sp³-hybridized carbons (Fsp3) is 0.515. The van der Waals surface area contributed by atoms with E-state index in [1.54, 1.807) is 27.7 Å². The predicted octanol–water partition coefficient (Wildman–Crippen LogP) is 6.03. The lowest BCUT2D eigenvalue weighted by Gasteiger charge is -2.32. The highest BCUT2D eigenvalue weighted by molar-refractivity contribution is 6.43. The van der Waals surface area contributed by atoms with Crippen LogP contribution in [0.3, 0.4) is 0 Å². The second-order valence-corrected chi connectivity index (χ2v) is 11.7. The second-order valence-electron chi connectivity index (χ2n) is 11.7. The minimum Gasteiger partial charge on any atom is -0.403 e. The molecule has 3 rings (SSSR count). The van der Waals surface area contributed by atoms with E-state index in [-0.39, 0.29) is 30.1 Å². The Hall–Kier alpha value is -3.66. The molecule has 0 aliphatic carbocycles. The number of rotatable bonds is 6. The molecular formula is C33H49BN4O4. The lowest BCUT2D eigenvalue weighted by atomic mass is 9.90. The van der Waals surface area contributed by atoms with Crippen molar-refractivity contribution in [2.45, 2.75) is 111 Å². The summed E-state index contributed by atoms with van der Waals surface area (Å²) in [5, 5.41) is 22.8. The van der Waals surface area contributed by atoms with E-state index in [0.717, 1.165) is 11.1 Å². The summed E-state index contributed by atoms with van der Waals surface area (Å²) in [4.78, 5) is 23.0. The maximum Gasteiger partial charge on any atom is 0.454 e. The molecule has 2 N–H and O–H groups in total. The van der Waals surface area contributed by atoms with Crippen LogP contribution in [0.1, 0.15) is 80.4 Å². The first kappa shape index (κ1) is 38.3. The summed E-state index contributed by atoms with van der Waals surface area (Å²) in [6.07, 6.45) is 0.623. The number of hydrogen-bond donors (Lipinski definition) is 2. The standard InChI is InChI=1S/2C12H14N2O.C7H15BO2.C2H6/c2*1-12(2,9-13)14-11(15)8-10-6-4-3-5-7-10;1-6(2)7(3,4)10-8(5)9-6;1-2/h2*3-7H,8H2,1-2H3,(H,14,15);1-5H3;1-2H3. The van der Waals surface area contributed by atoms with E-state index in [4.69, 9.17) is 19.8 Å². The van der Waals surface area contributed by atoms with Gasteiger partial charge in [0.15, 0.2) is 0 Å². The highest BCUT2D eigenvalue weighted by atomic mass is 16.7. The van der Waals surface area contributed by atoms with Crippen LogP contribution in [0, 0.1) is 22.7 Å². The minimum absolute atomic E-state index is 0.0648. The van der Waals surface area contributed by atoms with E-state index in [0.29, 0.717) is 12.8 Å². The van der Waals surface area contributed by atoms with Gasteiger partial charge in [-0.2, -0.15) is 10.5 Å². The molecule has 9 heteroatoms. The molecule has 2 amide bonds. The third-order valence-electron chi connectivity index (χ3n) is 6.25. The normalized spacial score (nSPS) is 14.5. The maximum absolute atomic E-state index is 11.5. The summed E-state index contributed by atoms with van der Waals surface area (Å²) in [5.74, 6) is -0.263. The smallest absolute Gasteiger partial charge is 0.403 e. The van der Waals surface area contributed by atoms with Crippen molar-refractivity contribution in [1.82, 2.24) is 10.6 Å². The average Bonchev–Trinajstić information content (AvgIpc) is 3.10. The number of benzene rings is 2. The van der Waals surface area contributed by atoms with E-state index >= 15 is 0 Å². The van der Waals surface area contributed by atoms with Crippen LogP contribution in [0.15, 0.2) is 60.7 Å². The molecule has 0 unspecified atom stereocenters. The molecule has 0 atom stereocenters. The molecule has 0 bridgehead atoms. The van der Waals surface area contributed by atoms with Crippen LogP contribution in [0.2, 0.25) is 6.82 Å². The van der Waals surface area contributed by atoms with Crippen molar-refractivity contribution in [3.05, 3.63) is 71.8 Å². The van der Waals surface area contributed by atoms with Gasteiger partial charge in [-0.1, -0.05) is 74.5 Å². The summed E-state index contributed by atoms with van der Waals surface area (Å²) in [7, 11) is -0.0648. The van der Waals surface area contributed by atoms with Gasteiger partial charge in [0.2, 0.25) is 11.8 Å². The molecule has 0 radical (unpaired) electrons. The van der Waals surface area contributed by atoms with E-state index < -0.39 is 11.1 Å². The van der Waals surface area contributed by atoms with E-state index in [1.165, 1.54) is 0 Å². The SMILES string of the molecule is CB1OC(C)(C)C(C)(C)O1.CC.CC(C)(C#N)NC(=O)Cc1ccccc1.CC(C)(C#N)NC(=O)Cc1ccccc1. The lowest BCUT2D eigenvalue weighted by Crippen LogP contribution is -2.42. The average molecular weight is 577 g/mol. The number of nitriles is 2. The van der Waals surface area contributed by atoms with E-state index in [1.807, 2.05) is 93.5 Å². The molecule has 2 aromatic rings. The Morgan fingerprint density at radius 3 is 1.21 bits per heavy atom. The zero-order valence-electron chi connectivity index (χ0n) is 27.3. The van der Waals surface area contributed by atoms with Gasteiger partial charge in [-0.25, -0.2) is 0 Å². The number of nitrogens with zero attached hydrogens (tertiary/aromatic N) is 2. The van der Waals surface area contributed by atoms with Crippen molar-refractivity contribution in [3.8, 4) is 12.1 Å². The first-order valence-corrected chi connectivity index (χ1v) is 14.3.